The van der Waals surface area contributed by atoms with Gasteiger partial charge in [0.15, 0.2) is 0 Å². The molecule has 2 N–H and O–H groups in total. The first-order chi connectivity index (χ1) is 7.66. The molecule has 0 saturated carbocycles. The molecule has 1 amide bonds. The Balaban J connectivity index is 2.02. The molecule has 16 heavy (non-hydrogen) atoms. The molecule has 1 aliphatic heterocycles. The third kappa shape index (κ3) is 2.62. The number of aryl methyl sites for hydroxylation is 1. The van der Waals surface area contributed by atoms with Crippen LogP contribution in [0.4, 0.5) is 5.69 Å². The zero-order chi connectivity index (χ0) is 11.5. The Morgan fingerprint density at radius 1 is 1.56 bits per heavy atom. The SMILES string of the molecule is Cc1cc(NC(=O)C2CCNC2)ccc1Br. The predicted octanol–water partition coefficient (Wildman–Crippen LogP) is 2.31. The van der Waals surface area contributed by atoms with Crippen molar-refractivity contribution in [3.8, 4) is 0 Å². The molecule has 1 saturated heterocycles. The van der Waals surface area contributed by atoms with Crippen molar-refractivity contribution in [3.63, 3.8) is 0 Å². The van der Waals surface area contributed by atoms with E-state index in [0.717, 1.165) is 35.2 Å². The second-order valence-corrected chi connectivity index (χ2v) is 5.00. The second-order valence-electron chi connectivity index (χ2n) is 4.14. The molecule has 0 aromatic heterocycles. The van der Waals surface area contributed by atoms with E-state index in [2.05, 4.69) is 26.6 Å². The summed E-state index contributed by atoms with van der Waals surface area (Å²) in [5, 5.41) is 6.14. The number of carbonyl (C=O) groups excluding carboxylic acids is 1. The van der Waals surface area contributed by atoms with Crippen molar-refractivity contribution < 1.29 is 4.79 Å². The number of carbonyl (C=O) groups is 1. The Morgan fingerprint density at radius 2 is 2.38 bits per heavy atom. The minimum absolute atomic E-state index is 0.115. The number of rotatable bonds is 2. The van der Waals surface area contributed by atoms with E-state index in [9.17, 15) is 4.79 Å². The van der Waals surface area contributed by atoms with Crippen LogP contribution in [0.15, 0.2) is 22.7 Å². The van der Waals surface area contributed by atoms with E-state index in [0.29, 0.717) is 0 Å². The fourth-order valence-corrected chi connectivity index (χ4v) is 2.09. The van der Waals surface area contributed by atoms with E-state index in [1.54, 1.807) is 0 Å². The van der Waals surface area contributed by atoms with Crippen molar-refractivity contribution in [1.29, 1.82) is 0 Å². The number of halogens is 1. The molecule has 1 aliphatic rings. The molecule has 2 rings (SSSR count). The number of amides is 1. The highest BCUT2D eigenvalue weighted by Gasteiger charge is 2.22. The van der Waals surface area contributed by atoms with Crippen LogP contribution in [0.25, 0.3) is 0 Å². The fraction of sp³-hybridized carbons (Fsp3) is 0.417. The molecule has 1 fully saturated rings. The van der Waals surface area contributed by atoms with E-state index in [1.807, 2.05) is 25.1 Å². The number of nitrogens with one attached hydrogen (secondary N) is 2. The summed E-state index contributed by atoms with van der Waals surface area (Å²) in [6.45, 7) is 3.75. The van der Waals surface area contributed by atoms with Gasteiger partial charge in [-0.05, 0) is 43.7 Å². The first-order valence-electron chi connectivity index (χ1n) is 5.44. The molecule has 3 nitrogen and oxygen atoms in total. The maximum atomic E-state index is 11.8. The molecule has 1 heterocycles. The van der Waals surface area contributed by atoms with Crippen LogP contribution in [0, 0.1) is 12.8 Å². The Kier molecular flexibility index (Phi) is 3.61. The highest BCUT2D eigenvalue weighted by atomic mass is 79.9. The van der Waals surface area contributed by atoms with Crippen molar-refractivity contribution >= 4 is 27.5 Å². The molecule has 4 heteroatoms. The zero-order valence-corrected chi connectivity index (χ0v) is 10.8. The quantitative estimate of drug-likeness (QED) is 0.874. The summed E-state index contributed by atoms with van der Waals surface area (Å²) in [5.74, 6) is 0.232. The van der Waals surface area contributed by atoms with Crippen molar-refractivity contribution in [2.24, 2.45) is 5.92 Å². The standard InChI is InChI=1S/C12H15BrN2O/c1-8-6-10(2-3-11(8)13)15-12(16)9-4-5-14-7-9/h2-3,6,9,14H,4-5,7H2,1H3,(H,15,16). The Hall–Kier alpha value is -0.870. The lowest BCUT2D eigenvalue weighted by molar-refractivity contribution is -0.119. The van der Waals surface area contributed by atoms with Crippen LogP contribution in [0.1, 0.15) is 12.0 Å². The van der Waals surface area contributed by atoms with Crippen LogP contribution < -0.4 is 10.6 Å². The van der Waals surface area contributed by atoms with Crippen LogP contribution in [-0.4, -0.2) is 19.0 Å². The lowest BCUT2D eigenvalue weighted by Crippen LogP contribution is -2.24. The highest BCUT2D eigenvalue weighted by molar-refractivity contribution is 9.10. The van der Waals surface area contributed by atoms with Crippen LogP contribution >= 0.6 is 15.9 Å². The molecular formula is C12H15BrN2O. The molecule has 1 aromatic carbocycles. The van der Waals surface area contributed by atoms with Gasteiger partial charge >= 0.3 is 0 Å². The van der Waals surface area contributed by atoms with Gasteiger partial charge in [-0.1, -0.05) is 15.9 Å². The van der Waals surface area contributed by atoms with E-state index >= 15 is 0 Å². The molecular weight excluding hydrogens is 268 g/mol. The van der Waals surface area contributed by atoms with E-state index in [4.69, 9.17) is 0 Å². The summed E-state index contributed by atoms with van der Waals surface area (Å²) < 4.78 is 1.06. The topological polar surface area (TPSA) is 41.1 Å². The molecule has 1 unspecified atom stereocenters. The average molecular weight is 283 g/mol. The van der Waals surface area contributed by atoms with Crippen molar-refractivity contribution in [1.82, 2.24) is 5.32 Å². The first-order valence-corrected chi connectivity index (χ1v) is 6.24. The van der Waals surface area contributed by atoms with Crippen LogP contribution in [0.2, 0.25) is 0 Å². The van der Waals surface area contributed by atoms with Gasteiger partial charge in [-0.2, -0.15) is 0 Å². The molecule has 0 radical (unpaired) electrons. The second kappa shape index (κ2) is 4.97. The maximum Gasteiger partial charge on any atom is 0.228 e. The molecule has 1 aromatic rings. The van der Waals surface area contributed by atoms with Crippen molar-refractivity contribution in [2.45, 2.75) is 13.3 Å². The summed E-state index contributed by atoms with van der Waals surface area (Å²) in [7, 11) is 0. The monoisotopic (exact) mass is 282 g/mol. The van der Waals surface area contributed by atoms with Crippen molar-refractivity contribution in [3.05, 3.63) is 28.2 Å². The highest BCUT2D eigenvalue weighted by Crippen LogP contribution is 2.21. The Bertz CT molecular complexity index is 400. The van der Waals surface area contributed by atoms with Gasteiger partial charge in [0.2, 0.25) is 5.91 Å². The lowest BCUT2D eigenvalue weighted by atomic mass is 10.1. The van der Waals surface area contributed by atoms with E-state index < -0.39 is 0 Å². The largest absolute Gasteiger partial charge is 0.326 e. The van der Waals surface area contributed by atoms with E-state index in [1.165, 1.54) is 0 Å². The van der Waals surface area contributed by atoms with Crippen LogP contribution in [-0.2, 0) is 4.79 Å². The van der Waals surface area contributed by atoms with Gasteiger partial charge in [0.25, 0.3) is 0 Å². The molecule has 0 spiro atoms. The van der Waals surface area contributed by atoms with Gasteiger partial charge in [0.05, 0.1) is 5.92 Å². The van der Waals surface area contributed by atoms with E-state index in [-0.39, 0.29) is 11.8 Å². The van der Waals surface area contributed by atoms with Gasteiger partial charge in [-0.3, -0.25) is 4.79 Å². The molecule has 1 atom stereocenters. The third-order valence-corrected chi connectivity index (χ3v) is 3.75. The molecule has 0 aliphatic carbocycles. The lowest BCUT2D eigenvalue weighted by Gasteiger charge is -2.10. The average Bonchev–Trinajstić information content (AvgIpc) is 2.77. The Morgan fingerprint density at radius 3 is 3.00 bits per heavy atom. The van der Waals surface area contributed by atoms with Gasteiger partial charge in [-0.15, -0.1) is 0 Å². The molecule has 0 bridgehead atoms. The number of anilines is 1. The zero-order valence-electron chi connectivity index (χ0n) is 9.22. The van der Waals surface area contributed by atoms with Crippen LogP contribution in [0.3, 0.4) is 0 Å². The fourth-order valence-electron chi connectivity index (χ4n) is 1.85. The van der Waals surface area contributed by atoms with Crippen LogP contribution in [0.5, 0.6) is 0 Å². The summed E-state index contributed by atoms with van der Waals surface area (Å²) in [6.07, 6.45) is 0.932. The summed E-state index contributed by atoms with van der Waals surface area (Å²) in [5.41, 5.74) is 2.00. The number of benzene rings is 1. The normalized spacial score (nSPS) is 19.8. The van der Waals surface area contributed by atoms with Crippen molar-refractivity contribution in [2.75, 3.05) is 18.4 Å². The predicted molar refractivity (Wildman–Crippen MR) is 68.5 cm³/mol. The maximum absolute atomic E-state index is 11.8. The number of hydrogen-bond donors (Lipinski definition) is 2. The number of hydrogen-bond acceptors (Lipinski definition) is 2. The molecule has 86 valence electrons. The smallest absolute Gasteiger partial charge is 0.228 e. The summed E-state index contributed by atoms with van der Waals surface area (Å²) in [4.78, 5) is 11.8. The first kappa shape index (κ1) is 11.6. The van der Waals surface area contributed by atoms with Gasteiger partial charge in [-0.25, -0.2) is 0 Å². The van der Waals surface area contributed by atoms with Gasteiger partial charge < -0.3 is 10.6 Å². The Labute approximate surface area is 104 Å². The summed E-state index contributed by atoms with van der Waals surface area (Å²) >= 11 is 3.44. The third-order valence-electron chi connectivity index (χ3n) is 2.86. The van der Waals surface area contributed by atoms with Gasteiger partial charge in [0, 0.05) is 16.7 Å². The van der Waals surface area contributed by atoms with Gasteiger partial charge in [0.1, 0.15) is 0 Å². The minimum Gasteiger partial charge on any atom is -0.326 e. The summed E-state index contributed by atoms with van der Waals surface area (Å²) in [6, 6.07) is 5.85. The minimum atomic E-state index is 0.115.